The minimum atomic E-state index is -1.83. The molecule has 0 aliphatic heterocycles. The van der Waals surface area contributed by atoms with E-state index in [2.05, 4.69) is 4.89 Å². The van der Waals surface area contributed by atoms with Crippen LogP contribution in [0, 0.1) is 0 Å². The summed E-state index contributed by atoms with van der Waals surface area (Å²) < 4.78 is 0. The zero-order valence-corrected chi connectivity index (χ0v) is 12.8. The summed E-state index contributed by atoms with van der Waals surface area (Å²) in [6.45, 7) is 0. The first-order chi connectivity index (χ1) is 10.4. The Bertz CT molecular complexity index is 238. The molecule has 1 aliphatic rings. The predicted molar refractivity (Wildman–Crippen MR) is 79.6 cm³/mol. The normalized spacial score (nSPS) is 17.3. The van der Waals surface area contributed by atoms with Crippen molar-refractivity contribution < 1.29 is 40.2 Å². The average Bonchev–Trinajstić information content (AvgIpc) is 2.38. The summed E-state index contributed by atoms with van der Waals surface area (Å²) in [6.07, 6.45) is 10.5. The van der Waals surface area contributed by atoms with E-state index in [1.54, 1.807) is 0 Å². The lowest BCUT2D eigenvalue weighted by Crippen LogP contribution is -2.10. The smallest absolute Gasteiger partial charge is 0.450 e. The summed E-state index contributed by atoms with van der Waals surface area (Å²) >= 11 is 0. The van der Waals surface area contributed by atoms with Gasteiger partial charge in [0.15, 0.2) is 0 Å². The first-order valence-corrected chi connectivity index (χ1v) is 7.54. The molecule has 0 unspecified atom stereocenters. The highest BCUT2D eigenvalue weighted by Gasteiger charge is 2.08. The summed E-state index contributed by atoms with van der Waals surface area (Å²) in [5, 5.41) is 36.6. The van der Waals surface area contributed by atoms with Crippen LogP contribution in [0.15, 0.2) is 0 Å². The van der Waals surface area contributed by atoms with Crippen molar-refractivity contribution in [2.75, 3.05) is 0 Å². The molecule has 8 heteroatoms. The molecule has 0 aromatic rings. The van der Waals surface area contributed by atoms with Gasteiger partial charge < -0.3 is 20.4 Å². The van der Waals surface area contributed by atoms with E-state index < -0.39 is 12.3 Å². The molecule has 0 radical (unpaired) electrons. The molecule has 8 nitrogen and oxygen atoms in total. The first-order valence-electron chi connectivity index (χ1n) is 7.54. The molecule has 5 N–H and O–H groups in total. The van der Waals surface area contributed by atoms with Crippen LogP contribution < -0.4 is 0 Å². The molecule has 0 aromatic heterocycles. The maximum absolute atomic E-state index is 8.70. The second kappa shape index (κ2) is 17.5. The molecule has 1 aliphatic carbocycles. The van der Waals surface area contributed by atoms with Crippen LogP contribution in [0.5, 0.6) is 0 Å². The second-order valence-corrected chi connectivity index (χ2v) is 5.05. The largest absolute Gasteiger partial charge is 0.503 e. The van der Waals surface area contributed by atoms with E-state index >= 15 is 0 Å². The minimum absolute atomic E-state index is 0.106. The van der Waals surface area contributed by atoms with Gasteiger partial charge in [-0.1, -0.05) is 57.8 Å². The third kappa shape index (κ3) is 26.9. The molecule has 0 aromatic carbocycles. The van der Waals surface area contributed by atoms with E-state index in [0.29, 0.717) is 0 Å². The molecular formula is C14H28O8. The van der Waals surface area contributed by atoms with E-state index in [0.717, 1.165) is 12.8 Å². The van der Waals surface area contributed by atoms with Crippen molar-refractivity contribution in [2.24, 2.45) is 0 Å². The lowest BCUT2D eigenvalue weighted by atomic mass is 9.99. The first kappa shape index (κ1) is 22.7. The fourth-order valence-electron chi connectivity index (χ4n) is 2.23. The van der Waals surface area contributed by atoms with Crippen LogP contribution in [0.25, 0.3) is 0 Å². The number of carbonyl (C=O) groups is 2. The van der Waals surface area contributed by atoms with E-state index in [1.807, 2.05) is 0 Å². The Morgan fingerprint density at radius 1 is 0.636 bits per heavy atom. The monoisotopic (exact) mass is 324 g/mol. The highest BCUT2D eigenvalue weighted by molar-refractivity contribution is 5.53. The molecule has 1 fully saturated rings. The van der Waals surface area contributed by atoms with E-state index in [9.17, 15) is 0 Å². The molecule has 22 heavy (non-hydrogen) atoms. The third-order valence-corrected chi connectivity index (χ3v) is 3.20. The van der Waals surface area contributed by atoms with Gasteiger partial charge in [-0.15, -0.1) is 0 Å². The second-order valence-electron chi connectivity index (χ2n) is 5.05. The molecule has 1 rings (SSSR count). The van der Waals surface area contributed by atoms with Crippen molar-refractivity contribution in [3.63, 3.8) is 0 Å². The Morgan fingerprint density at radius 3 is 1.09 bits per heavy atom. The van der Waals surface area contributed by atoms with Crippen molar-refractivity contribution in [3.05, 3.63) is 0 Å². The molecule has 0 spiro atoms. The molecule has 0 bridgehead atoms. The van der Waals surface area contributed by atoms with Gasteiger partial charge in [0, 0.05) is 0 Å². The van der Waals surface area contributed by atoms with Crippen molar-refractivity contribution in [1.82, 2.24) is 0 Å². The van der Waals surface area contributed by atoms with Crippen molar-refractivity contribution >= 4 is 12.3 Å². The Morgan fingerprint density at radius 2 is 0.864 bits per heavy atom. The van der Waals surface area contributed by atoms with Gasteiger partial charge in [0.1, 0.15) is 0 Å². The summed E-state index contributed by atoms with van der Waals surface area (Å²) in [5.74, 6) is 0. The number of carboxylic acid groups (broad SMARTS) is 4. The van der Waals surface area contributed by atoms with Gasteiger partial charge >= 0.3 is 12.3 Å². The Balaban J connectivity index is 0. The zero-order valence-electron chi connectivity index (χ0n) is 12.8. The van der Waals surface area contributed by atoms with Gasteiger partial charge in [-0.3, -0.25) is 5.26 Å². The number of hydrogen-bond acceptors (Lipinski definition) is 4. The summed E-state index contributed by atoms with van der Waals surface area (Å²) in [7, 11) is 0. The fourth-order valence-corrected chi connectivity index (χ4v) is 2.23. The highest BCUT2D eigenvalue weighted by atomic mass is 17.1. The third-order valence-electron chi connectivity index (χ3n) is 3.20. The van der Waals surface area contributed by atoms with Gasteiger partial charge in [-0.2, -0.15) is 0 Å². The van der Waals surface area contributed by atoms with Crippen LogP contribution in [0.2, 0.25) is 0 Å². The maximum atomic E-state index is 8.70. The fraction of sp³-hybridized carbons (Fsp3) is 0.857. The van der Waals surface area contributed by atoms with E-state index in [-0.39, 0.29) is 6.10 Å². The van der Waals surface area contributed by atoms with Crippen LogP contribution >= 0.6 is 0 Å². The molecule has 0 amide bonds. The Labute approximate surface area is 130 Å². The summed E-state index contributed by atoms with van der Waals surface area (Å²) in [6, 6.07) is 0. The van der Waals surface area contributed by atoms with Gasteiger partial charge in [0.2, 0.25) is 0 Å². The van der Waals surface area contributed by atoms with Crippen LogP contribution in [-0.2, 0) is 4.89 Å². The van der Waals surface area contributed by atoms with Crippen molar-refractivity contribution in [3.8, 4) is 0 Å². The van der Waals surface area contributed by atoms with Crippen molar-refractivity contribution in [1.29, 1.82) is 0 Å². The van der Waals surface area contributed by atoms with Gasteiger partial charge in [0.05, 0.1) is 6.10 Å². The van der Waals surface area contributed by atoms with E-state index in [1.165, 1.54) is 57.8 Å². The maximum Gasteiger partial charge on any atom is 0.503 e. The Hall–Kier alpha value is -1.54. The standard InChI is InChI=1S/C12H24O2.2CH2O3/c13-14-12-10-8-6-4-2-1-3-5-7-9-11-12;2*2-1(3)4/h12-13H,1-11H2;2*(H2,2,3,4). The molecule has 0 heterocycles. The molecule has 0 saturated heterocycles. The lowest BCUT2D eigenvalue weighted by molar-refractivity contribution is -0.281. The van der Waals surface area contributed by atoms with Gasteiger partial charge in [-0.05, 0) is 12.8 Å². The van der Waals surface area contributed by atoms with Crippen molar-refractivity contribution in [2.45, 2.75) is 76.7 Å². The van der Waals surface area contributed by atoms with Crippen LogP contribution in [0.1, 0.15) is 70.6 Å². The molecule has 0 atom stereocenters. The molecule has 1 saturated carbocycles. The topological polar surface area (TPSA) is 145 Å². The van der Waals surface area contributed by atoms with Crippen LogP contribution in [-0.4, -0.2) is 44.1 Å². The highest BCUT2D eigenvalue weighted by Crippen LogP contribution is 2.17. The van der Waals surface area contributed by atoms with Gasteiger partial charge in [0.25, 0.3) is 0 Å². The minimum Gasteiger partial charge on any atom is -0.450 e. The summed E-state index contributed by atoms with van der Waals surface area (Å²) in [4.78, 5) is 21.6. The predicted octanol–water partition coefficient (Wildman–Crippen LogP) is 4.59. The SMILES string of the molecule is O=C(O)O.O=C(O)O.OOC1CCCCCCCCCCC1. The van der Waals surface area contributed by atoms with Gasteiger partial charge in [-0.25, -0.2) is 14.5 Å². The zero-order chi connectivity index (χ0) is 17.2. The average molecular weight is 324 g/mol. The summed E-state index contributed by atoms with van der Waals surface area (Å²) in [5.41, 5.74) is 0. The number of rotatable bonds is 1. The Kier molecular flexibility index (Phi) is 18.1. The van der Waals surface area contributed by atoms with Crippen LogP contribution in [0.4, 0.5) is 9.59 Å². The molecule has 132 valence electrons. The van der Waals surface area contributed by atoms with E-state index in [4.69, 9.17) is 35.3 Å². The molecular weight excluding hydrogens is 296 g/mol. The van der Waals surface area contributed by atoms with Crippen LogP contribution in [0.3, 0.4) is 0 Å². The quantitative estimate of drug-likeness (QED) is 0.348. The lowest BCUT2D eigenvalue weighted by Gasteiger charge is -2.14. The number of hydrogen-bond donors (Lipinski definition) is 5.